The van der Waals surface area contributed by atoms with Gasteiger partial charge in [-0.1, -0.05) is 5.16 Å². The first kappa shape index (κ1) is 12.2. The highest BCUT2D eigenvalue weighted by Crippen LogP contribution is 2.32. The molecule has 0 unspecified atom stereocenters. The molecule has 1 saturated carbocycles. The summed E-state index contributed by atoms with van der Waals surface area (Å²) in [7, 11) is 2.02. The minimum atomic E-state index is 0.377. The van der Waals surface area contributed by atoms with Crippen LogP contribution in [0.1, 0.15) is 37.5 Å². The van der Waals surface area contributed by atoms with Gasteiger partial charge in [0.05, 0.1) is 6.20 Å². The van der Waals surface area contributed by atoms with Crippen molar-refractivity contribution in [2.45, 2.75) is 37.6 Å². The van der Waals surface area contributed by atoms with Crippen LogP contribution in [-0.4, -0.2) is 33.2 Å². The molecule has 0 radical (unpaired) electrons. The van der Waals surface area contributed by atoms with Crippen molar-refractivity contribution in [1.82, 2.24) is 25.4 Å². The van der Waals surface area contributed by atoms with Crippen LogP contribution < -0.4 is 5.32 Å². The topological polar surface area (TPSA) is 76.7 Å². The van der Waals surface area contributed by atoms with E-state index in [-0.39, 0.29) is 0 Å². The Kier molecular flexibility index (Phi) is 3.50. The largest absolute Gasteiger partial charge is 0.339 e. The average Bonchev–Trinajstić information content (AvgIpc) is 2.98. The van der Waals surface area contributed by atoms with Crippen LogP contribution in [0.25, 0.3) is 11.5 Å². The number of nitrogens with zero attached hydrogens (tertiary/aromatic N) is 4. The fraction of sp³-hybridized carbons (Fsp3) is 0.538. The minimum absolute atomic E-state index is 0.377. The maximum absolute atomic E-state index is 5.38. The summed E-state index contributed by atoms with van der Waals surface area (Å²) in [4.78, 5) is 12.6. The lowest BCUT2D eigenvalue weighted by Gasteiger charge is -2.25. The molecule has 2 aromatic heterocycles. The highest BCUT2D eigenvalue weighted by Gasteiger charge is 2.26. The summed E-state index contributed by atoms with van der Waals surface area (Å²) >= 11 is 0. The first-order valence-corrected chi connectivity index (χ1v) is 6.64. The Morgan fingerprint density at radius 3 is 2.74 bits per heavy atom. The third-order valence-corrected chi connectivity index (χ3v) is 3.72. The predicted molar refractivity (Wildman–Crippen MR) is 69.4 cm³/mol. The van der Waals surface area contributed by atoms with Gasteiger partial charge in [-0.15, -0.1) is 0 Å². The molecule has 0 bridgehead atoms. The summed E-state index contributed by atoms with van der Waals surface area (Å²) in [5.74, 6) is 1.64. The van der Waals surface area contributed by atoms with Gasteiger partial charge in [-0.05, 0) is 32.7 Å². The molecule has 3 rings (SSSR count). The average molecular weight is 259 g/mol. The van der Waals surface area contributed by atoms with Crippen LogP contribution in [0.15, 0.2) is 23.1 Å². The van der Waals surface area contributed by atoms with E-state index < -0.39 is 0 Å². The van der Waals surface area contributed by atoms with Gasteiger partial charge in [0.1, 0.15) is 5.69 Å². The Bertz CT molecular complexity index is 519. The second kappa shape index (κ2) is 5.44. The Morgan fingerprint density at radius 2 is 2.05 bits per heavy atom. The van der Waals surface area contributed by atoms with Gasteiger partial charge in [-0.25, -0.2) is 4.98 Å². The second-order valence-corrected chi connectivity index (χ2v) is 4.88. The molecule has 0 spiro atoms. The van der Waals surface area contributed by atoms with Crippen LogP contribution in [0.4, 0.5) is 0 Å². The fourth-order valence-corrected chi connectivity index (χ4v) is 2.55. The van der Waals surface area contributed by atoms with E-state index in [0.29, 0.717) is 23.5 Å². The summed E-state index contributed by atoms with van der Waals surface area (Å²) in [5, 5.41) is 7.32. The number of rotatable bonds is 3. The van der Waals surface area contributed by atoms with Crippen molar-refractivity contribution in [3.8, 4) is 11.5 Å². The Balaban J connectivity index is 1.72. The molecule has 0 aromatic carbocycles. The quantitative estimate of drug-likeness (QED) is 0.905. The molecule has 1 fully saturated rings. The molecular formula is C13H17N5O. The van der Waals surface area contributed by atoms with Crippen molar-refractivity contribution in [3.05, 3.63) is 24.5 Å². The van der Waals surface area contributed by atoms with Gasteiger partial charge < -0.3 is 9.84 Å². The Morgan fingerprint density at radius 1 is 1.21 bits per heavy atom. The van der Waals surface area contributed by atoms with Crippen LogP contribution in [0, 0.1) is 0 Å². The van der Waals surface area contributed by atoms with E-state index in [1.807, 2.05) is 7.05 Å². The van der Waals surface area contributed by atoms with Crippen LogP contribution in [0.3, 0.4) is 0 Å². The SMILES string of the molecule is CNC1CCC(c2nc(-c3cnccn3)no2)CC1. The van der Waals surface area contributed by atoms with Gasteiger partial charge in [0.15, 0.2) is 0 Å². The molecule has 6 nitrogen and oxygen atoms in total. The van der Waals surface area contributed by atoms with Crippen molar-refractivity contribution in [1.29, 1.82) is 0 Å². The molecule has 1 N–H and O–H groups in total. The third kappa shape index (κ3) is 2.63. The van der Waals surface area contributed by atoms with Gasteiger partial charge in [-0.3, -0.25) is 4.98 Å². The summed E-state index contributed by atoms with van der Waals surface area (Å²) in [6, 6.07) is 0.624. The lowest BCUT2D eigenvalue weighted by molar-refractivity contribution is 0.288. The summed E-state index contributed by atoms with van der Waals surface area (Å²) in [5.41, 5.74) is 0.654. The van der Waals surface area contributed by atoms with Gasteiger partial charge in [0.25, 0.3) is 0 Å². The maximum atomic E-state index is 5.38. The number of hydrogen-bond donors (Lipinski definition) is 1. The first-order valence-electron chi connectivity index (χ1n) is 6.64. The molecule has 2 heterocycles. The third-order valence-electron chi connectivity index (χ3n) is 3.72. The molecule has 0 saturated heterocycles. The van der Waals surface area contributed by atoms with E-state index in [9.17, 15) is 0 Å². The van der Waals surface area contributed by atoms with Crippen molar-refractivity contribution >= 4 is 0 Å². The van der Waals surface area contributed by atoms with Crippen molar-refractivity contribution in [2.75, 3.05) is 7.05 Å². The van der Waals surface area contributed by atoms with Gasteiger partial charge in [0.2, 0.25) is 11.7 Å². The summed E-state index contributed by atoms with van der Waals surface area (Å²) < 4.78 is 5.38. The Hall–Kier alpha value is -1.82. The zero-order chi connectivity index (χ0) is 13.1. The Labute approximate surface area is 111 Å². The molecule has 100 valence electrons. The zero-order valence-electron chi connectivity index (χ0n) is 10.9. The highest BCUT2D eigenvalue weighted by molar-refractivity contribution is 5.45. The molecule has 6 heteroatoms. The summed E-state index contributed by atoms with van der Waals surface area (Å²) in [6.07, 6.45) is 9.40. The molecule has 2 aromatic rings. The standard InChI is InChI=1S/C13H17N5O/c1-14-10-4-2-9(3-5-10)13-17-12(18-19-13)11-8-15-6-7-16-11/h6-10,14H,2-5H2,1H3. The first-order chi connectivity index (χ1) is 9.36. The number of nitrogens with one attached hydrogen (secondary N) is 1. The van der Waals surface area contributed by atoms with E-state index in [1.165, 1.54) is 0 Å². The summed E-state index contributed by atoms with van der Waals surface area (Å²) in [6.45, 7) is 0. The van der Waals surface area contributed by atoms with Crippen LogP contribution in [-0.2, 0) is 0 Å². The fourth-order valence-electron chi connectivity index (χ4n) is 2.55. The zero-order valence-corrected chi connectivity index (χ0v) is 10.9. The number of aromatic nitrogens is 4. The minimum Gasteiger partial charge on any atom is -0.339 e. The smallest absolute Gasteiger partial charge is 0.230 e. The van der Waals surface area contributed by atoms with E-state index in [2.05, 4.69) is 25.4 Å². The van der Waals surface area contributed by atoms with E-state index >= 15 is 0 Å². The second-order valence-electron chi connectivity index (χ2n) is 4.88. The van der Waals surface area contributed by atoms with Crippen LogP contribution in [0.2, 0.25) is 0 Å². The normalized spacial score (nSPS) is 23.4. The van der Waals surface area contributed by atoms with Crippen LogP contribution in [0.5, 0.6) is 0 Å². The van der Waals surface area contributed by atoms with E-state index in [4.69, 9.17) is 4.52 Å². The van der Waals surface area contributed by atoms with Crippen molar-refractivity contribution < 1.29 is 4.52 Å². The van der Waals surface area contributed by atoms with Gasteiger partial charge in [-0.2, -0.15) is 4.98 Å². The molecule has 19 heavy (non-hydrogen) atoms. The predicted octanol–water partition coefficient (Wildman–Crippen LogP) is 1.77. The lowest BCUT2D eigenvalue weighted by Crippen LogP contribution is -2.29. The number of hydrogen-bond acceptors (Lipinski definition) is 6. The molecule has 1 aliphatic carbocycles. The molecule has 1 aliphatic rings. The van der Waals surface area contributed by atoms with Crippen LogP contribution >= 0.6 is 0 Å². The molecule has 0 atom stereocenters. The van der Waals surface area contributed by atoms with Crippen molar-refractivity contribution in [2.24, 2.45) is 0 Å². The monoisotopic (exact) mass is 259 g/mol. The maximum Gasteiger partial charge on any atom is 0.230 e. The molecule has 0 aliphatic heterocycles. The molecule has 0 amide bonds. The van der Waals surface area contributed by atoms with Gasteiger partial charge in [0, 0.05) is 24.4 Å². The van der Waals surface area contributed by atoms with E-state index in [0.717, 1.165) is 31.6 Å². The lowest BCUT2D eigenvalue weighted by atomic mass is 9.86. The van der Waals surface area contributed by atoms with E-state index in [1.54, 1.807) is 18.6 Å². The van der Waals surface area contributed by atoms with Gasteiger partial charge >= 0.3 is 0 Å². The highest BCUT2D eigenvalue weighted by atomic mass is 16.5. The van der Waals surface area contributed by atoms with Crippen molar-refractivity contribution in [3.63, 3.8) is 0 Å². The molecular weight excluding hydrogens is 242 g/mol.